The third-order valence-corrected chi connectivity index (χ3v) is 4.97. The minimum absolute atomic E-state index is 0.104. The number of rotatable bonds is 5. The summed E-state index contributed by atoms with van der Waals surface area (Å²) < 4.78 is 27.5. The summed E-state index contributed by atoms with van der Waals surface area (Å²) in [4.78, 5) is 0.246. The minimum atomic E-state index is -3.56. The Balaban J connectivity index is 3.30. The zero-order valence-electron chi connectivity index (χ0n) is 10.6. The van der Waals surface area contributed by atoms with Gasteiger partial charge in [-0.3, -0.25) is 4.68 Å². The molecule has 1 heterocycles. The second-order valence-corrected chi connectivity index (χ2v) is 5.72. The van der Waals surface area contributed by atoms with Crippen molar-refractivity contribution in [1.82, 2.24) is 14.1 Å². The number of aromatic nitrogens is 2. The molecule has 7 heteroatoms. The van der Waals surface area contributed by atoms with E-state index in [1.54, 1.807) is 32.5 Å². The molecule has 0 fully saturated rings. The van der Waals surface area contributed by atoms with Crippen LogP contribution in [0.5, 0.6) is 0 Å². The van der Waals surface area contributed by atoms with Crippen LogP contribution in [-0.4, -0.2) is 47.3 Å². The van der Waals surface area contributed by atoms with Crippen LogP contribution < -0.4 is 0 Å². The molecule has 0 spiro atoms. The number of nitrogens with zero attached hydrogens (tertiary/aromatic N) is 3. The highest BCUT2D eigenvalue weighted by Crippen LogP contribution is 2.22. The topological polar surface area (TPSA) is 75.4 Å². The van der Waals surface area contributed by atoms with Crippen LogP contribution in [0.2, 0.25) is 0 Å². The van der Waals surface area contributed by atoms with Crippen molar-refractivity contribution in [2.24, 2.45) is 7.05 Å². The lowest BCUT2D eigenvalue weighted by atomic mass is 10.4. The fourth-order valence-corrected chi connectivity index (χ4v) is 3.66. The first kappa shape index (κ1) is 14.1. The molecule has 0 radical (unpaired) electrons. The monoisotopic (exact) mass is 261 g/mol. The van der Waals surface area contributed by atoms with Crippen LogP contribution in [0.1, 0.15) is 18.3 Å². The molecule has 6 nitrogen and oxygen atoms in total. The van der Waals surface area contributed by atoms with Gasteiger partial charge in [-0.25, -0.2) is 8.42 Å². The van der Waals surface area contributed by atoms with Gasteiger partial charge < -0.3 is 5.11 Å². The molecule has 0 aliphatic heterocycles. The van der Waals surface area contributed by atoms with E-state index in [0.29, 0.717) is 17.9 Å². The molecular weight excluding hydrogens is 242 g/mol. The average molecular weight is 261 g/mol. The molecule has 1 N–H and O–H groups in total. The maximum atomic E-state index is 12.4. The van der Waals surface area contributed by atoms with Gasteiger partial charge in [0.1, 0.15) is 4.90 Å². The first-order valence-corrected chi connectivity index (χ1v) is 6.91. The van der Waals surface area contributed by atoms with Gasteiger partial charge in [0.25, 0.3) is 0 Å². The highest BCUT2D eigenvalue weighted by molar-refractivity contribution is 7.89. The summed E-state index contributed by atoms with van der Waals surface area (Å²) in [6.07, 6.45) is 0. The van der Waals surface area contributed by atoms with E-state index in [9.17, 15) is 8.42 Å². The molecule has 0 saturated carbocycles. The van der Waals surface area contributed by atoms with Crippen molar-refractivity contribution >= 4 is 10.0 Å². The van der Waals surface area contributed by atoms with E-state index in [4.69, 9.17) is 5.11 Å². The summed E-state index contributed by atoms with van der Waals surface area (Å²) in [7, 11) is -1.85. The van der Waals surface area contributed by atoms with E-state index in [-0.39, 0.29) is 18.0 Å². The molecule has 17 heavy (non-hydrogen) atoms. The number of hydrogen-bond donors (Lipinski definition) is 1. The molecular formula is C10H19N3O3S. The first-order chi connectivity index (χ1) is 7.86. The van der Waals surface area contributed by atoms with E-state index in [2.05, 4.69) is 5.10 Å². The van der Waals surface area contributed by atoms with Crippen LogP contribution in [0.15, 0.2) is 4.90 Å². The predicted octanol–water partition coefficient (Wildman–Crippen LogP) is 0.0398. The van der Waals surface area contributed by atoms with Crippen molar-refractivity contribution in [3.63, 3.8) is 0 Å². The Bertz CT molecular complexity index is 493. The van der Waals surface area contributed by atoms with Crippen LogP contribution >= 0.6 is 0 Å². The maximum Gasteiger partial charge on any atom is 0.246 e. The van der Waals surface area contributed by atoms with Crippen molar-refractivity contribution in [3.8, 4) is 0 Å². The number of aliphatic hydroxyl groups is 1. The standard InChI is InChI=1S/C10H19N3O3S/c1-5-13(6-7-14)17(15,16)10-8(2)11-12(4)9(10)3/h14H,5-7H2,1-4H3. The van der Waals surface area contributed by atoms with Gasteiger partial charge in [-0.15, -0.1) is 0 Å². The summed E-state index contributed by atoms with van der Waals surface area (Å²) in [5, 5.41) is 13.0. The van der Waals surface area contributed by atoms with Crippen LogP contribution in [0.3, 0.4) is 0 Å². The van der Waals surface area contributed by atoms with E-state index in [1.165, 1.54) is 4.31 Å². The average Bonchev–Trinajstić information content (AvgIpc) is 2.49. The van der Waals surface area contributed by atoms with Gasteiger partial charge in [0.2, 0.25) is 10.0 Å². The summed E-state index contributed by atoms with van der Waals surface area (Å²) in [5.41, 5.74) is 1.10. The molecule has 0 saturated heterocycles. The molecule has 0 aromatic carbocycles. The molecule has 0 aliphatic rings. The summed E-state index contributed by atoms with van der Waals surface area (Å²) in [5.74, 6) is 0. The second-order valence-electron chi connectivity index (χ2n) is 3.84. The quantitative estimate of drug-likeness (QED) is 0.812. The fraction of sp³-hybridized carbons (Fsp3) is 0.700. The van der Waals surface area contributed by atoms with Gasteiger partial charge in [0.15, 0.2) is 0 Å². The Morgan fingerprint density at radius 2 is 2.00 bits per heavy atom. The third kappa shape index (κ3) is 2.51. The number of aliphatic hydroxyl groups excluding tert-OH is 1. The molecule has 0 aliphatic carbocycles. The van der Waals surface area contributed by atoms with E-state index in [1.807, 2.05) is 0 Å². The van der Waals surface area contributed by atoms with Crippen LogP contribution in [0.25, 0.3) is 0 Å². The largest absolute Gasteiger partial charge is 0.395 e. The van der Waals surface area contributed by atoms with E-state index in [0.717, 1.165) is 0 Å². The van der Waals surface area contributed by atoms with Crippen molar-refractivity contribution < 1.29 is 13.5 Å². The smallest absolute Gasteiger partial charge is 0.246 e. The van der Waals surface area contributed by atoms with Gasteiger partial charge in [0.05, 0.1) is 18.0 Å². The Kier molecular flexibility index (Phi) is 4.29. The number of likely N-dealkylation sites (N-methyl/N-ethyl adjacent to an activating group) is 1. The molecule has 1 aromatic heterocycles. The fourth-order valence-electron chi connectivity index (χ4n) is 1.82. The second kappa shape index (κ2) is 5.16. The lowest BCUT2D eigenvalue weighted by Gasteiger charge is -2.19. The molecule has 0 amide bonds. The van der Waals surface area contributed by atoms with Gasteiger partial charge in [-0.2, -0.15) is 9.40 Å². The van der Waals surface area contributed by atoms with E-state index >= 15 is 0 Å². The Hall–Kier alpha value is -0.920. The van der Waals surface area contributed by atoms with Gasteiger partial charge in [-0.1, -0.05) is 6.92 Å². The van der Waals surface area contributed by atoms with Crippen molar-refractivity contribution in [1.29, 1.82) is 0 Å². The third-order valence-electron chi connectivity index (χ3n) is 2.74. The van der Waals surface area contributed by atoms with Crippen molar-refractivity contribution in [2.45, 2.75) is 25.7 Å². The lowest BCUT2D eigenvalue weighted by Crippen LogP contribution is -2.34. The zero-order chi connectivity index (χ0) is 13.2. The first-order valence-electron chi connectivity index (χ1n) is 5.47. The number of sulfonamides is 1. The normalized spacial score (nSPS) is 12.4. The predicted molar refractivity (Wildman–Crippen MR) is 64.2 cm³/mol. The minimum Gasteiger partial charge on any atom is -0.395 e. The molecule has 0 atom stereocenters. The number of aryl methyl sites for hydroxylation is 2. The Morgan fingerprint density at radius 3 is 2.35 bits per heavy atom. The summed E-state index contributed by atoms with van der Waals surface area (Å²) in [6.45, 7) is 5.38. The molecule has 0 bridgehead atoms. The van der Waals surface area contributed by atoms with Crippen LogP contribution in [0, 0.1) is 13.8 Å². The Labute approximate surface area is 102 Å². The molecule has 0 unspecified atom stereocenters. The van der Waals surface area contributed by atoms with Crippen LogP contribution in [-0.2, 0) is 17.1 Å². The van der Waals surface area contributed by atoms with Gasteiger partial charge >= 0.3 is 0 Å². The summed E-state index contributed by atoms with van der Waals surface area (Å²) in [6, 6.07) is 0. The molecule has 98 valence electrons. The van der Waals surface area contributed by atoms with E-state index < -0.39 is 10.0 Å². The summed E-state index contributed by atoms with van der Waals surface area (Å²) >= 11 is 0. The molecule has 1 rings (SSSR count). The molecule has 1 aromatic rings. The maximum absolute atomic E-state index is 12.4. The number of hydrogen-bond acceptors (Lipinski definition) is 4. The lowest BCUT2D eigenvalue weighted by molar-refractivity contribution is 0.257. The zero-order valence-corrected chi connectivity index (χ0v) is 11.5. The SMILES string of the molecule is CCN(CCO)S(=O)(=O)c1c(C)nn(C)c1C. The van der Waals surface area contributed by atoms with Crippen molar-refractivity contribution in [3.05, 3.63) is 11.4 Å². The van der Waals surface area contributed by atoms with Crippen molar-refractivity contribution in [2.75, 3.05) is 19.7 Å². The van der Waals surface area contributed by atoms with Gasteiger partial charge in [0, 0.05) is 20.1 Å². The highest BCUT2D eigenvalue weighted by Gasteiger charge is 2.29. The highest BCUT2D eigenvalue weighted by atomic mass is 32.2. The Morgan fingerprint density at radius 1 is 1.41 bits per heavy atom. The van der Waals surface area contributed by atoms with Gasteiger partial charge in [-0.05, 0) is 13.8 Å². The van der Waals surface area contributed by atoms with Crippen LogP contribution in [0.4, 0.5) is 0 Å².